The molecule has 2 aromatic carbocycles. The fourth-order valence-corrected chi connectivity index (χ4v) is 2.88. The molecule has 142 valence electrons. The molecule has 0 amide bonds. The number of esters is 1. The number of benzene rings is 2. The standard InChI is InChI=1S/C21H15F2NO3S/c1-26-20-11-14(13-24-18-7-5-15(22)12-17(18)23)4-8-19(20)27-21(25)9-6-16-3-2-10-28-16/h2-13H,1H3. The molecule has 0 aliphatic heterocycles. The molecule has 0 atom stereocenters. The van der Waals surface area contributed by atoms with Crippen molar-refractivity contribution in [3.05, 3.63) is 82.1 Å². The number of nitrogens with zero attached hydrogens (tertiary/aromatic N) is 1. The van der Waals surface area contributed by atoms with E-state index in [-0.39, 0.29) is 11.4 Å². The van der Waals surface area contributed by atoms with Gasteiger partial charge in [-0.05, 0) is 53.4 Å². The molecular formula is C21H15F2NO3S. The van der Waals surface area contributed by atoms with Crippen LogP contribution in [0.25, 0.3) is 6.08 Å². The summed E-state index contributed by atoms with van der Waals surface area (Å²) >= 11 is 1.50. The SMILES string of the molecule is COc1cc(C=Nc2ccc(F)cc2F)ccc1OC(=O)C=Cc1cccs1. The third kappa shape index (κ3) is 5.11. The van der Waals surface area contributed by atoms with Crippen LogP contribution < -0.4 is 9.47 Å². The summed E-state index contributed by atoms with van der Waals surface area (Å²) in [6.07, 6.45) is 4.40. The van der Waals surface area contributed by atoms with Gasteiger partial charge in [0.1, 0.15) is 5.82 Å². The summed E-state index contributed by atoms with van der Waals surface area (Å²) in [5, 5.41) is 1.91. The quantitative estimate of drug-likeness (QED) is 0.241. The van der Waals surface area contributed by atoms with Crippen molar-refractivity contribution in [1.82, 2.24) is 0 Å². The highest BCUT2D eigenvalue weighted by atomic mass is 32.1. The molecule has 0 unspecified atom stereocenters. The molecule has 1 heterocycles. The number of halogens is 2. The van der Waals surface area contributed by atoms with E-state index in [0.717, 1.165) is 17.0 Å². The minimum absolute atomic E-state index is 0.00888. The first-order valence-corrected chi connectivity index (χ1v) is 9.03. The molecule has 0 aliphatic rings. The van der Waals surface area contributed by atoms with Crippen molar-refractivity contribution in [1.29, 1.82) is 0 Å². The Morgan fingerprint density at radius 2 is 1.96 bits per heavy atom. The van der Waals surface area contributed by atoms with E-state index in [1.165, 1.54) is 36.8 Å². The lowest BCUT2D eigenvalue weighted by Gasteiger charge is -2.08. The van der Waals surface area contributed by atoms with Gasteiger partial charge in [-0.2, -0.15) is 0 Å². The van der Waals surface area contributed by atoms with E-state index in [1.54, 1.807) is 24.3 Å². The summed E-state index contributed by atoms with van der Waals surface area (Å²) in [7, 11) is 1.44. The maximum atomic E-state index is 13.6. The van der Waals surface area contributed by atoms with E-state index in [0.29, 0.717) is 11.3 Å². The molecule has 0 spiro atoms. The molecule has 0 N–H and O–H groups in total. The van der Waals surface area contributed by atoms with Crippen molar-refractivity contribution in [3.8, 4) is 11.5 Å². The largest absolute Gasteiger partial charge is 0.493 e. The average Bonchev–Trinajstić information content (AvgIpc) is 3.20. The van der Waals surface area contributed by atoms with Crippen LogP contribution in [0.4, 0.5) is 14.5 Å². The summed E-state index contributed by atoms with van der Waals surface area (Å²) in [6, 6.07) is 11.7. The van der Waals surface area contributed by atoms with Gasteiger partial charge in [0, 0.05) is 23.2 Å². The molecule has 0 bridgehead atoms. The van der Waals surface area contributed by atoms with E-state index < -0.39 is 17.6 Å². The van der Waals surface area contributed by atoms with Crippen LogP contribution in [0.3, 0.4) is 0 Å². The van der Waals surface area contributed by atoms with Crippen molar-refractivity contribution in [2.45, 2.75) is 0 Å². The van der Waals surface area contributed by atoms with Gasteiger partial charge < -0.3 is 9.47 Å². The number of aliphatic imine (C=N–C) groups is 1. The van der Waals surface area contributed by atoms with Gasteiger partial charge in [0.2, 0.25) is 0 Å². The average molecular weight is 399 g/mol. The second-order valence-electron chi connectivity index (χ2n) is 5.53. The maximum Gasteiger partial charge on any atom is 0.336 e. The van der Waals surface area contributed by atoms with E-state index >= 15 is 0 Å². The second-order valence-corrected chi connectivity index (χ2v) is 6.51. The van der Waals surface area contributed by atoms with Crippen LogP contribution in [0.15, 0.2) is 65.0 Å². The number of methoxy groups -OCH3 is 1. The van der Waals surface area contributed by atoms with Crippen LogP contribution in [0.5, 0.6) is 11.5 Å². The van der Waals surface area contributed by atoms with Crippen LogP contribution in [0.2, 0.25) is 0 Å². The second kappa shape index (κ2) is 9.05. The van der Waals surface area contributed by atoms with E-state index in [4.69, 9.17) is 9.47 Å². The van der Waals surface area contributed by atoms with E-state index in [1.807, 2.05) is 17.5 Å². The van der Waals surface area contributed by atoms with Gasteiger partial charge in [0.05, 0.1) is 12.8 Å². The third-order valence-corrected chi connectivity index (χ3v) is 4.43. The lowest BCUT2D eigenvalue weighted by molar-refractivity contribution is -0.129. The summed E-state index contributed by atoms with van der Waals surface area (Å²) in [6.45, 7) is 0. The normalized spacial score (nSPS) is 11.2. The predicted octanol–water partition coefficient (Wildman–Crippen LogP) is 5.40. The first kappa shape index (κ1) is 19.4. The zero-order valence-corrected chi connectivity index (χ0v) is 15.6. The van der Waals surface area contributed by atoms with Gasteiger partial charge in [-0.1, -0.05) is 6.07 Å². The molecule has 0 fully saturated rings. The molecule has 0 aliphatic carbocycles. The molecule has 0 saturated carbocycles. The zero-order chi connectivity index (χ0) is 19.9. The van der Waals surface area contributed by atoms with E-state index in [2.05, 4.69) is 4.99 Å². The smallest absolute Gasteiger partial charge is 0.336 e. The Bertz CT molecular complexity index is 1030. The van der Waals surface area contributed by atoms with Crippen molar-refractivity contribution in [3.63, 3.8) is 0 Å². The summed E-state index contributed by atoms with van der Waals surface area (Å²) in [5.74, 6) is -1.40. The van der Waals surface area contributed by atoms with Gasteiger partial charge >= 0.3 is 5.97 Å². The molecule has 3 rings (SSSR count). The Balaban J connectivity index is 1.72. The fraction of sp³-hybridized carbons (Fsp3) is 0.0476. The predicted molar refractivity (Wildman–Crippen MR) is 106 cm³/mol. The molecule has 0 saturated heterocycles. The summed E-state index contributed by atoms with van der Waals surface area (Å²) in [4.78, 5) is 16.9. The topological polar surface area (TPSA) is 47.9 Å². The summed E-state index contributed by atoms with van der Waals surface area (Å²) in [5.41, 5.74) is 0.601. The van der Waals surface area contributed by atoms with Crippen molar-refractivity contribution in [2.24, 2.45) is 4.99 Å². The minimum atomic E-state index is -0.758. The first-order valence-electron chi connectivity index (χ1n) is 8.16. The molecule has 1 aromatic heterocycles. The molecule has 0 radical (unpaired) electrons. The number of ether oxygens (including phenoxy) is 2. The number of carbonyl (C=O) groups is 1. The van der Waals surface area contributed by atoms with Gasteiger partial charge in [0.25, 0.3) is 0 Å². The summed E-state index contributed by atoms with van der Waals surface area (Å²) < 4.78 is 37.1. The Kier molecular flexibility index (Phi) is 6.29. The van der Waals surface area contributed by atoms with Crippen LogP contribution in [-0.4, -0.2) is 19.3 Å². The lowest BCUT2D eigenvalue weighted by Crippen LogP contribution is -2.05. The number of thiophene rings is 1. The number of hydrogen-bond acceptors (Lipinski definition) is 5. The fourth-order valence-electron chi connectivity index (χ4n) is 2.26. The van der Waals surface area contributed by atoms with Crippen LogP contribution in [-0.2, 0) is 4.79 Å². The number of rotatable bonds is 6. The highest BCUT2D eigenvalue weighted by molar-refractivity contribution is 7.10. The van der Waals surface area contributed by atoms with Gasteiger partial charge in [-0.3, -0.25) is 4.99 Å². The highest BCUT2D eigenvalue weighted by Gasteiger charge is 2.09. The third-order valence-electron chi connectivity index (χ3n) is 3.59. The Hall–Kier alpha value is -3.32. The molecule has 28 heavy (non-hydrogen) atoms. The zero-order valence-electron chi connectivity index (χ0n) is 14.8. The Morgan fingerprint density at radius 3 is 2.68 bits per heavy atom. The number of hydrogen-bond donors (Lipinski definition) is 0. The molecule has 4 nitrogen and oxygen atoms in total. The van der Waals surface area contributed by atoms with Gasteiger partial charge in [-0.25, -0.2) is 13.6 Å². The van der Waals surface area contributed by atoms with E-state index in [9.17, 15) is 13.6 Å². The van der Waals surface area contributed by atoms with Crippen LogP contribution in [0, 0.1) is 11.6 Å². The number of carbonyl (C=O) groups excluding carboxylic acids is 1. The monoisotopic (exact) mass is 399 g/mol. The van der Waals surface area contributed by atoms with Crippen LogP contribution >= 0.6 is 11.3 Å². The molecule has 3 aromatic rings. The van der Waals surface area contributed by atoms with Crippen molar-refractivity contribution in [2.75, 3.05) is 7.11 Å². The highest BCUT2D eigenvalue weighted by Crippen LogP contribution is 2.28. The first-order chi connectivity index (χ1) is 13.5. The Labute approximate surface area is 164 Å². The molecule has 7 heteroatoms. The van der Waals surface area contributed by atoms with Gasteiger partial charge in [0.15, 0.2) is 17.3 Å². The van der Waals surface area contributed by atoms with Crippen molar-refractivity contribution >= 4 is 35.3 Å². The maximum absolute atomic E-state index is 13.6. The lowest BCUT2D eigenvalue weighted by atomic mass is 10.2. The Morgan fingerprint density at radius 1 is 1.11 bits per heavy atom. The van der Waals surface area contributed by atoms with Gasteiger partial charge in [-0.15, -0.1) is 11.3 Å². The van der Waals surface area contributed by atoms with Crippen LogP contribution in [0.1, 0.15) is 10.4 Å². The minimum Gasteiger partial charge on any atom is -0.493 e. The van der Waals surface area contributed by atoms with Crippen molar-refractivity contribution < 1.29 is 23.0 Å². The molecular weight excluding hydrogens is 384 g/mol.